The van der Waals surface area contributed by atoms with E-state index < -0.39 is 5.95 Å². The average Bonchev–Trinajstić information content (AvgIpc) is 3.55. The zero-order valence-electron chi connectivity index (χ0n) is 16.5. The Morgan fingerprint density at radius 1 is 1.10 bits per heavy atom. The quantitative estimate of drug-likeness (QED) is 0.562. The highest BCUT2D eigenvalue weighted by Crippen LogP contribution is 2.49. The first kappa shape index (κ1) is 18.3. The predicted molar refractivity (Wildman–Crippen MR) is 109 cm³/mol. The zero-order valence-corrected chi connectivity index (χ0v) is 16.5. The van der Waals surface area contributed by atoms with Crippen LogP contribution in [0.2, 0.25) is 0 Å². The summed E-state index contributed by atoms with van der Waals surface area (Å²) in [7, 11) is 0. The summed E-state index contributed by atoms with van der Waals surface area (Å²) in [4.78, 5) is 21.1. The molecule has 5 rings (SSSR count). The number of aromatic nitrogens is 2. The number of hydrogen-bond donors (Lipinski definition) is 2. The molecule has 0 saturated heterocycles. The van der Waals surface area contributed by atoms with Crippen LogP contribution in [0.25, 0.3) is 11.1 Å². The molecule has 3 saturated carbocycles. The number of nitrogens with one attached hydrogen (secondary N) is 1. The molecule has 2 aromatic rings. The number of halogens is 1. The lowest BCUT2D eigenvalue weighted by atomic mass is 10.0. The topological polar surface area (TPSA) is 80.9 Å². The minimum absolute atomic E-state index is 0.179. The first-order valence-electron chi connectivity index (χ1n) is 10.5. The third kappa shape index (κ3) is 3.76. The van der Waals surface area contributed by atoms with Crippen LogP contribution in [-0.4, -0.2) is 15.9 Å². The van der Waals surface area contributed by atoms with Crippen LogP contribution in [0.5, 0.6) is 0 Å². The molecule has 6 heteroatoms. The molecule has 2 heterocycles. The van der Waals surface area contributed by atoms with Gasteiger partial charge < -0.3 is 11.1 Å². The Balaban J connectivity index is 1.40. The molecule has 1 amide bonds. The van der Waals surface area contributed by atoms with Crippen LogP contribution >= 0.6 is 0 Å². The van der Waals surface area contributed by atoms with Gasteiger partial charge in [0, 0.05) is 23.2 Å². The van der Waals surface area contributed by atoms with Crippen molar-refractivity contribution in [1.29, 1.82) is 0 Å². The van der Waals surface area contributed by atoms with Gasteiger partial charge in [-0.1, -0.05) is 0 Å². The van der Waals surface area contributed by atoms with Gasteiger partial charge in [0.2, 0.25) is 5.95 Å². The van der Waals surface area contributed by atoms with E-state index in [0.29, 0.717) is 29.0 Å². The van der Waals surface area contributed by atoms with E-state index in [1.165, 1.54) is 0 Å². The van der Waals surface area contributed by atoms with Gasteiger partial charge in [0.15, 0.2) is 0 Å². The summed E-state index contributed by atoms with van der Waals surface area (Å²) in [6, 6.07) is 5.26. The van der Waals surface area contributed by atoms with Crippen molar-refractivity contribution < 1.29 is 9.18 Å². The summed E-state index contributed by atoms with van der Waals surface area (Å²) in [5.74, 6) is 0.500. The van der Waals surface area contributed by atoms with Crippen LogP contribution in [0.3, 0.4) is 0 Å². The Hall–Kier alpha value is -2.76. The number of hydrogen-bond acceptors (Lipinski definition) is 4. The van der Waals surface area contributed by atoms with E-state index in [9.17, 15) is 9.18 Å². The van der Waals surface area contributed by atoms with E-state index in [2.05, 4.69) is 15.3 Å². The molecule has 2 aromatic heterocycles. The van der Waals surface area contributed by atoms with Gasteiger partial charge in [-0.15, -0.1) is 0 Å². The third-order valence-corrected chi connectivity index (χ3v) is 5.99. The van der Waals surface area contributed by atoms with Gasteiger partial charge in [0.25, 0.3) is 5.91 Å². The molecule has 0 aliphatic heterocycles. The highest BCUT2D eigenvalue weighted by atomic mass is 19.1. The number of nitrogens with two attached hydrogens (primary N) is 1. The van der Waals surface area contributed by atoms with Crippen molar-refractivity contribution in [3.8, 4) is 11.1 Å². The van der Waals surface area contributed by atoms with Crippen LogP contribution in [0, 0.1) is 24.7 Å². The Kier molecular flexibility index (Phi) is 4.37. The molecule has 0 unspecified atom stereocenters. The van der Waals surface area contributed by atoms with Crippen molar-refractivity contribution in [2.45, 2.75) is 51.4 Å². The molecular formula is C23H25FN4O. The van der Waals surface area contributed by atoms with Gasteiger partial charge in [-0.3, -0.25) is 9.78 Å². The number of amides is 1. The maximum Gasteiger partial charge on any atom is 0.272 e. The van der Waals surface area contributed by atoms with E-state index >= 15 is 0 Å². The molecule has 0 bridgehead atoms. The molecule has 3 fully saturated rings. The first-order valence-corrected chi connectivity index (χ1v) is 10.5. The van der Waals surface area contributed by atoms with Crippen LogP contribution in [0.4, 0.5) is 10.2 Å². The van der Waals surface area contributed by atoms with Crippen LogP contribution in [0.15, 0.2) is 35.7 Å². The number of carbonyl (C=O) groups is 1. The summed E-state index contributed by atoms with van der Waals surface area (Å²) in [6.45, 7) is 1.94. The normalized spacial score (nSPS) is 18.4. The fourth-order valence-corrected chi connectivity index (χ4v) is 4.06. The molecule has 0 aromatic carbocycles. The van der Waals surface area contributed by atoms with Crippen molar-refractivity contribution in [3.63, 3.8) is 0 Å². The van der Waals surface area contributed by atoms with E-state index in [-0.39, 0.29) is 11.7 Å². The summed E-state index contributed by atoms with van der Waals surface area (Å²) >= 11 is 0. The summed E-state index contributed by atoms with van der Waals surface area (Å²) in [5, 5.41) is 2.68. The van der Waals surface area contributed by atoms with E-state index in [1.807, 2.05) is 19.2 Å². The van der Waals surface area contributed by atoms with Crippen molar-refractivity contribution in [2.24, 2.45) is 17.6 Å². The summed E-state index contributed by atoms with van der Waals surface area (Å²) in [5.41, 5.74) is 10.7. The molecule has 0 radical (unpaired) electrons. The van der Waals surface area contributed by atoms with Gasteiger partial charge in [0.05, 0.1) is 11.4 Å². The fourth-order valence-electron chi connectivity index (χ4n) is 4.06. The second-order valence-corrected chi connectivity index (χ2v) is 8.63. The Morgan fingerprint density at radius 3 is 2.38 bits per heavy atom. The highest BCUT2D eigenvalue weighted by molar-refractivity contribution is 6.03. The predicted octanol–water partition coefficient (Wildman–Crippen LogP) is 4.44. The van der Waals surface area contributed by atoms with Gasteiger partial charge in [-0.05, 0) is 86.6 Å². The van der Waals surface area contributed by atoms with Crippen molar-refractivity contribution in [1.82, 2.24) is 9.97 Å². The minimum atomic E-state index is -0.607. The van der Waals surface area contributed by atoms with Crippen LogP contribution in [0.1, 0.15) is 55.7 Å². The molecule has 29 heavy (non-hydrogen) atoms. The van der Waals surface area contributed by atoms with Gasteiger partial charge in [-0.2, -0.15) is 4.39 Å². The lowest BCUT2D eigenvalue weighted by Gasteiger charge is -2.13. The molecule has 0 spiro atoms. The van der Waals surface area contributed by atoms with Crippen LogP contribution in [-0.2, 0) is 4.79 Å². The SMILES string of the molecule is Cc1cnc(C2CC2)c(-c2ccc(NC(=O)C(N)=C(C3CC3)C3CC3)nc2F)c1. The summed E-state index contributed by atoms with van der Waals surface area (Å²) < 4.78 is 14.9. The fraction of sp³-hybridized carbons (Fsp3) is 0.435. The number of carbonyl (C=O) groups excluding carboxylic acids is 1. The van der Waals surface area contributed by atoms with E-state index in [1.54, 1.807) is 12.1 Å². The molecule has 150 valence electrons. The number of aryl methyl sites for hydroxylation is 1. The van der Waals surface area contributed by atoms with Crippen LogP contribution < -0.4 is 11.1 Å². The third-order valence-electron chi connectivity index (χ3n) is 5.99. The number of nitrogens with zero attached hydrogens (tertiary/aromatic N) is 2. The molecule has 0 atom stereocenters. The summed E-state index contributed by atoms with van der Waals surface area (Å²) in [6.07, 6.45) is 8.42. The lowest BCUT2D eigenvalue weighted by Crippen LogP contribution is -2.24. The Bertz CT molecular complexity index is 1010. The minimum Gasteiger partial charge on any atom is -0.394 e. The number of pyridine rings is 2. The molecule has 3 aliphatic carbocycles. The molecular weight excluding hydrogens is 367 g/mol. The Labute approximate surface area is 169 Å². The molecule has 3 N–H and O–H groups in total. The smallest absolute Gasteiger partial charge is 0.272 e. The standard InChI is InChI=1S/C23H25FN4O/c1-12-10-17(21(26-11-12)15-6-7-15)16-8-9-18(27-22(16)24)28-23(29)20(25)19(13-2-3-13)14-4-5-14/h8-11,13-15H,2-7,25H2,1H3,(H,27,28,29). The maximum absolute atomic E-state index is 14.9. The zero-order chi connectivity index (χ0) is 20.1. The highest BCUT2D eigenvalue weighted by Gasteiger charge is 2.39. The Morgan fingerprint density at radius 2 is 1.79 bits per heavy atom. The maximum atomic E-state index is 14.9. The van der Waals surface area contributed by atoms with Gasteiger partial charge >= 0.3 is 0 Å². The van der Waals surface area contributed by atoms with Crippen molar-refractivity contribution >= 4 is 11.7 Å². The van der Waals surface area contributed by atoms with E-state index in [4.69, 9.17) is 5.73 Å². The van der Waals surface area contributed by atoms with Crippen molar-refractivity contribution in [2.75, 3.05) is 5.32 Å². The number of allylic oxidation sites excluding steroid dienone is 1. The van der Waals surface area contributed by atoms with Gasteiger partial charge in [-0.25, -0.2) is 4.98 Å². The number of rotatable bonds is 6. The van der Waals surface area contributed by atoms with Gasteiger partial charge in [0.1, 0.15) is 5.82 Å². The number of anilines is 1. The average molecular weight is 392 g/mol. The monoisotopic (exact) mass is 392 g/mol. The lowest BCUT2D eigenvalue weighted by molar-refractivity contribution is -0.113. The van der Waals surface area contributed by atoms with E-state index in [0.717, 1.165) is 60.9 Å². The molecule has 5 nitrogen and oxygen atoms in total. The molecule has 3 aliphatic rings. The van der Waals surface area contributed by atoms with Crippen molar-refractivity contribution in [3.05, 3.63) is 52.9 Å². The first-order chi connectivity index (χ1) is 14.0. The second-order valence-electron chi connectivity index (χ2n) is 8.63. The largest absolute Gasteiger partial charge is 0.394 e. The second kappa shape index (κ2) is 6.94.